The molecule has 5 rings (SSSR count). The van der Waals surface area contributed by atoms with Crippen molar-refractivity contribution in [3.8, 4) is 0 Å². The summed E-state index contributed by atoms with van der Waals surface area (Å²) in [5.41, 5.74) is 5.90. The number of thiophene rings is 1. The predicted octanol–water partition coefficient (Wildman–Crippen LogP) is 3.36. The fraction of sp³-hybridized carbons (Fsp3) is 0.688. The standard InChI is InChI=1S/C16H21NOS/c17-9-13(18)14-1-2-15(19-14)16-6-10-3-11(7-16)5-12(4-10)8-16/h1-2,10-12H,3-9,17H2. The van der Waals surface area contributed by atoms with Gasteiger partial charge in [-0.25, -0.2) is 0 Å². The van der Waals surface area contributed by atoms with Crippen molar-refractivity contribution in [1.82, 2.24) is 0 Å². The molecule has 0 spiro atoms. The largest absolute Gasteiger partial charge is 0.324 e. The number of rotatable bonds is 3. The van der Waals surface area contributed by atoms with E-state index in [1.54, 1.807) is 11.3 Å². The van der Waals surface area contributed by atoms with Crippen LogP contribution >= 0.6 is 11.3 Å². The Morgan fingerprint density at radius 1 is 1.16 bits per heavy atom. The molecule has 2 N–H and O–H groups in total. The normalized spacial score (nSPS) is 39.7. The second kappa shape index (κ2) is 4.16. The fourth-order valence-electron chi connectivity index (χ4n) is 5.29. The van der Waals surface area contributed by atoms with Gasteiger partial charge >= 0.3 is 0 Å². The Hall–Kier alpha value is -0.670. The van der Waals surface area contributed by atoms with Gasteiger partial charge in [-0.15, -0.1) is 11.3 Å². The van der Waals surface area contributed by atoms with E-state index in [0.29, 0.717) is 5.41 Å². The molecule has 4 aliphatic carbocycles. The summed E-state index contributed by atoms with van der Waals surface area (Å²) in [6.07, 6.45) is 8.53. The Morgan fingerprint density at radius 3 is 2.26 bits per heavy atom. The molecule has 19 heavy (non-hydrogen) atoms. The number of Topliss-reactive ketones (excluding diaryl/α,β-unsaturated/α-hetero) is 1. The molecule has 2 nitrogen and oxygen atoms in total. The van der Waals surface area contributed by atoms with E-state index in [-0.39, 0.29) is 12.3 Å². The van der Waals surface area contributed by atoms with Gasteiger partial charge < -0.3 is 5.73 Å². The van der Waals surface area contributed by atoms with E-state index in [0.717, 1.165) is 22.6 Å². The van der Waals surface area contributed by atoms with Crippen LogP contribution in [0.3, 0.4) is 0 Å². The minimum atomic E-state index is 0.0981. The van der Waals surface area contributed by atoms with Crippen LogP contribution in [-0.4, -0.2) is 12.3 Å². The smallest absolute Gasteiger partial charge is 0.186 e. The third-order valence-corrected chi connectivity index (χ3v) is 7.00. The third kappa shape index (κ3) is 1.82. The highest BCUT2D eigenvalue weighted by atomic mass is 32.1. The molecule has 0 aliphatic heterocycles. The van der Waals surface area contributed by atoms with Crippen molar-refractivity contribution in [2.45, 2.75) is 43.9 Å². The van der Waals surface area contributed by atoms with Gasteiger partial charge in [-0.3, -0.25) is 4.79 Å². The first-order valence-corrected chi connectivity index (χ1v) is 8.34. The maximum atomic E-state index is 11.7. The Labute approximate surface area is 118 Å². The van der Waals surface area contributed by atoms with Crippen molar-refractivity contribution in [3.63, 3.8) is 0 Å². The Morgan fingerprint density at radius 2 is 1.74 bits per heavy atom. The van der Waals surface area contributed by atoms with Crippen LogP contribution in [0.15, 0.2) is 12.1 Å². The van der Waals surface area contributed by atoms with Crippen molar-refractivity contribution in [2.24, 2.45) is 23.5 Å². The lowest BCUT2D eigenvalue weighted by molar-refractivity contribution is -0.00346. The van der Waals surface area contributed by atoms with Gasteiger partial charge in [0.1, 0.15) is 0 Å². The minimum absolute atomic E-state index is 0.0981. The molecule has 4 aliphatic rings. The van der Waals surface area contributed by atoms with E-state index < -0.39 is 0 Å². The summed E-state index contributed by atoms with van der Waals surface area (Å²) in [6.45, 7) is 0.140. The molecule has 4 fully saturated rings. The zero-order chi connectivity index (χ0) is 13.0. The van der Waals surface area contributed by atoms with Crippen LogP contribution in [0.5, 0.6) is 0 Å². The Kier molecular flexibility index (Phi) is 2.65. The van der Waals surface area contributed by atoms with Crippen LogP contribution in [0.2, 0.25) is 0 Å². The zero-order valence-corrected chi connectivity index (χ0v) is 12.0. The molecule has 0 radical (unpaired) electrons. The second-order valence-corrected chi connectivity index (χ2v) is 8.07. The van der Waals surface area contributed by atoms with Crippen LogP contribution in [0.4, 0.5) is 0 Å². The molecule has 1 aromatic rings. The molecule has 1 aromatic heterocycles. The van der Waals surface area contributed by atoms with Crippen LogP contribution in [-0.2, 0) is 5.41 Å². The van der Waals surface area contributed by atoms with Gasteiger partial charge in [0.25, 0.3) is 0 Å². The monoisotopic (exact) mass is 275 g/mol. The number of carbonyl (C=O) groups excluding carboxylic acids is 1. The Bertz CT molecular complexity index is 483. The summed E-state index contributed by atoms with van der Waals surface area (Å²) in [4.78, 5) is 14.1. The molecular formula is C16H21NOS. The molecule has 4 saturated carbocycles. The van der Waals surface area contributed by atoms with Crippen molar-refractivity contribution in [1.29, 1.82) is 0 Å². The lowest BCUT2D eigenvalue weighted by Crippen LogP contribution is -2.48. The molecule has 0 unspecified atom stereocenters. The minimum Gasteiger partial charge on any atom is -0.324 e. The van der Waals surface area contributed by atoms with Crippen LogP contribution in [0.25, 0.3) is 0 Å². The molecular weight excluding hydrogens is 254 g/mol. The summed E-state index contributed by atoms with van der Waals surface area (Å²) in [5, 5.41) is 0. The van der Waals surface area contributed by atoms with E-state index in [1.165, 1.54) is 43.4 Å². The third-order valence-electron chi connectivity index (χ3n) is 5.63. The van der Waals surface area contributed by atoms with E-state index in [9.17, 15) is 4.79 Å². The summed E-state index contributed by atoms with van der Waals surface area (Å²) in [7, 11) is 0. The highest BCUT2D eigenvalue weighted by Gasteiger charge is 2.52. The average molecular weight is 275 g/mol. The molecule has 0 amide bonds. The highest BCUT2D eigenvalue weighted by Crippen LogP contribution is 2.61. The van der Waals surface area contributed by atoms with E-state index in [1.807, 2.05) is 6.07 Å². The van der Waals surface area contributed by atoms with Crippen LogP contribution < -0.4 is 5.73 Å². The first kappa shape index (κ1) is 12.1. The molecule has 1 heterocycles. The van der Waals surface area contributed by atoms with Crippen molar-refractivity contribution >= 4 is 17.1 Å². The van der Waals surface area contributed by atoms with E-state index in [2.05, 4.69) is 6.07 Å². The van der Waals surface area contributed by atoms with E-state index in [4.69, 9.17) is 5.73 Å². The van der Waals surface area contributed by atoms with Gasteiger partial charge in [0.05, 0.1) is 11.4 Å². The number of carbonyl (C=O) groups is 1. The number of hydrogen-bond donors (Lipinski definition) is 1. The maximum absolute atomic E-state index is 11.7. The van der Waals surface area contributed by atoms with Crippen LogP contribution in [0, 0.1) is 17.8 Å². The Balaban J connectivity index is 1.68. The van der Waals surface area contributed by atoms with Gasteiger partial charge in [0, 0.05) is 10.3 Å². The zero-order valence-electron chi connectivity index (χ0n) is 11.2. The molecule has 102 valence electrons. The molecule has 0 saturated heterocycles. The average Bonchev–Trinajstić information content (AvgIpc) is 2.86. The quantitative estimate of drug-likeness (QED) is 0.860. The summed E-state index contributed by atoms with van der Waals surface area (Å²) in [6, 6.07) is 4.23. The number of hydrogen-bond acceptors (Lipinski definition) is 3. The number of nitrogens with two attached hydrogens (primary N) is 1. The first-order chi connectivity index (χ1) is 9.18. The predicted molar refractivity (Wildman–Crippen MR) is 77.6 cm³/mol. The molecule has 3 heteroatoms. The first-order valence-electron chi connectivity index (χ1n) is 7.52. The molecule has 0 aromatic carbocycles. The van der Waals surface area contributed by atoms with E-state index >= 15 is 0 Å². The van der Waals surface area contributed by atoms with Gasteiger partial charge in [0.2, 0.25) is 0 Å². The van der Waals surface area contributed by atoms with Crippen LogP contribution in [0.1, 0.15) is 53.1 Å². The summed E-state index contributed by atoms with van der Waals surface area (Å²) in [5.74, 6) is 2.98. The SMILES string of the molecule is NCC(=O)c1ccc(C23CC4CC(CC(C4)C2)C3)s1. The fourth-order valence-corrected chi connectivity index (χ4v) is 6.46. The maximum Gasteiger partial charge on any atom is 0.186 e. The van der Waals surface area contributed by atoms with Gasteiger partial charge in [-0.2, -0.15) is 0 Å². The lowest BCUT2D eigenvalue weighted by atomic mass is 9.49. The second-order valence-electron chi connectivity index (χ2n) is 6.99. The number of ketones is 1. The van der Waals surface area contributed by atoms with Gasteiger partial charge in [0.15, 0.2) is 5.78 Å². The lowest BCUT2D eigenvalue weighted by Gasteiger charge is -2.56. The van der Waals surface area contributed by atoms with Gasteiger partial charge in [-0.05, 0) is 68.4 Å². The highest BCUT2D eigenvalue weighted by molar-refractivity contribution is 7.14. The van der Waals surface area contributed by atoms with Crippen molar-refractivity contribution in [3.05, 3.63) is 21.9 Å². The van der Waals surface area contributed by atoms with Gasteiger partial charge in [-0.1, -0.05) is 0 Å². The van der Waals surface area contributed by atoms with Crippen molar-refractivity contribution < 1.29 is 4.79 Å². The molecule has 4 bridgehead atoms. The summed E-state index contributed by atoms with van der Waals surface area (Å²) >= 11 is 1.72. The summed E-state index contributed by atoms with van der Waals surface area (Å²) < 4.78 is 0. The van der Waals surface area contributed by atoms with Crippen molar-refractivity contribution in [2.75, 3.05) is 6.54 Å². The molecule has 0 atom stereocenters. The topological polar surface area (TPSA) is 43.1 Å².